The number of piperidine rings is 2. The highest BCUT2D eigenvalue weighted by molar-refractivity contribution is 6.07. The van der Waals surface area contributed by atoms with E-state index >= 15 is 0 Å². The number of aromatic nitrogens is 1. The Hall–Kier alpha value is -2.02. The maximum atomic E-state index is 13.7. The van der Waals surface area contributed by atoms with Crippen molar-refractivity contribution in [2.75, 3.05) is 7.05 Å². The van der Waals surface area contributed by atoms with Crippen molar-refractivity contribution in [3.05, 3.63) is 35.8 Å². The van der Waals surface area contributed by atoms with Crippen molar-refractivity contribution in [2.45, 2.75) is 63.2 Å². The third-order valence-corrected chi connectivity index (χ3v) is 6.10. The molecule has 4 nitrogen and oxygen atoms in total. The lowest BCUT2D eigenvalue weighted by Gasteiger charge is -2.47. The summed E-state index contributed by atoms with van der Waals surface area (Å²) >= 11 is 0. The van der Waals surface area contributed by atoms with Crippen LogP contribution >= 0.6 is 0 Å². The Labute approximate surface area is 156 Å². The fourth-order valence-electron chi connectivity index (χ4n) is 4.75. The number of nitrogens with zero attached hydrogens (tertiary/aromatic N) is 2. The van der Waals surface area contributed by atoms with E-state index in [0.717, 1.165) is 25.7 Å². The quantitative estimate of drug-likeness (QED) is 0.878. The molecule has 3 heterocycles. The minimum Gasteiger partial charge on any atom is -0.349 e. The Morgan fingerprint density at radius 2 is 1.96 bits per heavy atom. The first-order chi connectivity index (χ1) is 12.9. The van der Waals surface area contributed by atoms with Crippen molar-refractivity contribution in [1.82, 2.24) is 14.8 Å². The van der Waals surface area contributed by atoms with Crippen molar-refractivity contribution >= 4 is 16.8 Å². The maximum absolute atomic E-state index is 13.7. The first-order valence-electron chi connectivity index (χ1n) is 9.51. The third-order valence-electron chi connectivity index (χ3n) is 6.10. The number of fused-ring (bicyclic) bond motifs is 3. The monoisotopic (exact) mass is 379 g/mol. The molecule has 2 aliphatic rings. The van der Waals surface area contributed by atoms with E-state index < -0.39 is 18.8 Å². The molecule has 146 valence electrons. The van der Waals surface area contributed by atoms with E-state index in [4.69, 9.17) is 0 Å². The highest BCUT2D eigenvalue weighted by Crippen LogP contribution is 2.33. The molecule has 1 aromatic carbocycles. The molecule has 0 unspecified atom stereocenters. The molecule has 1 N–H and O–H groups in total. The summed E-state index contributed by atoms with van der Waals surface area (Å²) in [5.74, 6) is -0.800. The van der Waals surface area contributed by atoms with Crippen LogP contribution in [0.2, 0.25) is 0 Å². The number of halogens is 3. The van der Waals surface area contributed by atoms with Gasteiger partial charge in [0, 0.05) is 35.2 Å². The second kappa shape index (κ2) is 7.19. The van der Waals surface area contributed by atoms with Crippen LogP contribution in [0.5, 0.6) is 0 Å². The summed E-state index contributed by atoms with van der Waals surface area (Å²) in [6.45, 7) is -0.520. The molecule has 1 aromatic heterocycles. The number of rotatable bonds is 4. The predicted molar refractivity (Wildman–Crippen MR) is 97.6 cm³/mol. The Morgan fingerprint density at radius 3 is 2.63 bits per heavy atom. The van der Waals surface area contributed by atoms with Gasteiger partial charge in [-0.2, -0.15) is 0 Å². The van der Waals surface area contributed by atoms with Crippen LogP contribution in [-0.2, 0) is 6.54 Å². The van der Waals surface area contributed by atoms with E-state index in [1.54, 1.807) is 0 Å². The molecule has 4 rings (SSSR count). The molecule has 1 amide bonds. The van der Waals surface area contributed by atoms with Crippen molar-refractivity contribution in [3.63, 3.8) is 0 Å². The van der Waals surface area contributed by atoms with Gasteiger partial charge in [-0.3, -0.25) is 4.79 Å². The number of benzene rings is 1. The zero-order chi connectivity index (χ0) is 19.1. The van der Waals surface area contributed by atoms with E-state index in [9.17, 15) is 18.0 Å². The molecule has 2 saturated heterocycles. The Balaban J connectivity index is 1.58. The maximum Gasteiger partial charge on any atom is 0.256 e. The molecule has 2 aromatic rings. The lowest BCUT2D eigenvalue weighted by atomic mass is 9.82. The molecule has 0 aliphatic carbocycles. The van der Waals surface area contributed by atoms with Gasteiger partial charge in [0.2, 0.25) is 0 Å². The molecule has 27 heavy (non-hydrogen) atoms. The normalized spacial score (nSPS) is 25.9. The summed E-state index contributed by atoms with van der Waals surface area (Å²) in [5.41, 5.74) is 0.705. The SMILES string of the molecule is CN1[C@@H]2CCC[C@H]1C[C@H](NC(=O)c1cn(CC(F)F)c3ccc(F)cc13)C2. The summed E-state index contributed by atoms with van der Waals surface area (Å²) < 4.78 is 40.8. The Kier molecular flexibility index (Phi) is 4.88. The van der Waals surface area contributed by atoms with E-state index in [0.29, 0.717) is 23.0 Å². The first-order valence-corrected chi connectivity index (χ1v) is 9.51. The number of carbonyl (C=O) groups excluding carboxylic acids is 1. The summed E-state index contributed by atoms with van der Waals surface area (Å²) in [4.78, 5) is 15.3. The van der Waals surface area contributed by atoms with Crippen molar-refractivity contribution in [1.29, 1.82) is 0 Å². The minimum atomic E-state index is -2.55. The lowest BCUT2D eigenvalue weighted by Crippen LogP contribution is -2.55. The van der Waals surface area contributed by atoms with Gasteiger partial charge >= 0.3 is 0 Å². The third kappa shape index (κ3) is 3.57. The first kappa shape index (κ1) is 18.3. The van der Waals surface area contributed by atoms with Crippen molar-refractivity contribution < 1.29 is 18.0 Å². The van der Waals surface area contributed by atoms with Crippen LogP contribution in [0.15, 0.2) is 24.4 Å². The summed E-state index contributed by atoms with van der Waals surface area (Å²) in [7, 11) is 2.15. The largest absolute Gasteiger partial charge is 0.349 e. The van der Waals surface area contributed by atoms with Crippen molar-refractivity contribution in [3.8, 4) is 0 Å². The molecular weight excluding hydrogens is 355 g/mol. The predicted octanol–water partition coefficient (Wildman–Crippen LogP) is 3.79. The number of carbonyl (C=O) groups is 1. The Bertz CT molecular complexity index is 836. The molecule has 7 heteroatoms. The lowest BCUT2D eigenvalue weighted by molar-refractivity contribution is 0.0463. The molecule has 0 spiro atoms. The summed E-state index contributed by atoms with van der Waals surface area (Å²) in [5, 5.41) is 3.45. The summed E-state index contributed by atoms with van der Waals surface area (Å²) in [6.07, 6.45) is 4.15. The fourth-order valence-corrected chi connectivity index (χ4v) is 4.75. The van der Waals surface area contributed by atoms with Gasteiger partial charge in [-0.1, -0.05) is 6.42 Å². The van der Waals surface area contributed by atoms with Gasteiger partial charge in [0.25, 0.3) is 12.3 Å². The van der Waals surface area contributed by atoms with Crippen LogP contribution in [0.25, 0.3) is 10.9 Å². The van der Waals surface area contributed by atoms with Crippen molar-refractivity contribution in [2.24, 2.45) is 0 Å². The number of nitrogens with one attached hydrogen (secondary N) is 1. The second-order valence-electron chi connectivity index (χ2n) is 7.79. The van der Waals surface area contributed by atoms with Crippen LogP contribution in [-0.4, -0.2) is 47.0 Å². The van der Waals surface area contributed by atoms with Gasteiger partial charge in [0.05, 0.1) is 12.1 Å². The van der Waals surface area contributed by atoms with Gasteiger partial charge in [-0.25, -0.2) is 13.2 Å². The molecule has 2 bridgehead atoms. The number of alkyl halides is 2. The fraction of sp³-hybridized carbons (Fsp3) is 0.550. The van der Waals surface area contributed by atoms with E-state index in [-0.39, 0.29) is 17.5 Å². The van der Waals surface area contributed by atoms with Crippen LogP contribution in [0.3, 0.4) is 0 Å². The highest BCUT2D eigenvalue weighted by Gasteiger charge is 2.36. The number of hydrogen-bond acceptors (Lipinski definition) is 2. The van der Waals surface area contributed by atoms with Crippen LogP contribution < -0.4 is 5.32 Å². The average Bonchev–Trinajstić information content (AvgIpc) is 2.93. The van der Waals surface area contributed by atoms with Gasteiger partial charge in [-0.15, -0.1) is 0 Å². The second-order valence-corrected chi connectivity index (χ2v) is 7.79. The summed E-state index contributed by atoms with van der Waals surface area (Å²) in [6, 6.07) is 4.93. The van der Waals surface area contributed by atoms with Gasteiger partial charge in [-0.05, 0) is 50.9 Å². The average molecular weight is 379 g/mol. The van der Waals surface area contributed by atoms with E-state index in [1.807, 2.05) is 0 Å². The van der Waals surface area contributed by atoms with Crippen LogP contribution in [0.1, 0.15) is 42.5 Å². The number of hydrogen-bond donors (Lipinski definition) is 1. The molecular formula is C20H24F3N3O. The van der Waals surface area contributed by atoms with Crippen LogP contribution in [0.4, 0.5) is 13.2 Å². The van der Waals surface area contributed by atoms with Crippen LogP contribution in [0, 0.1) is 5.82 Å². The molecule has 3 atom stereocenters. The van der Waals surface area contributed by atoms with E-state index in [1.165, 1.54) is 35.4 Å². The standard InChI is InChI=1S/C20H24F3N3O/c1-25-14-3-2-4-15(25)9-13(8-14)24-20(27)17-10-26(11-19(22)23)18-6-5-12(21)7-16(17)18/h5-7,10,13-15,19H,2-4,8-9,11H2,1H3,(H,24,27)/t13-,14-,15+. The Morgan fingerprint density at radius 1 is 1.26 bits per heavy atom. The minimum absolute atomic E-state index is 0.0612. The smallest absolute Gasteiger partial charge is 0.256 e. The zero-order valence-corrected chi connectivity index (χ0v) is 15.3. The van der Waals surface area contributed by atoms with Gasteiger partial charge in [0.1, 0.15) is 5.82 Å². The molecule has 0 saturated carbocycles. The zero-order valence-electron chi connectivity index (χ0n) is 15.3. The van der Waals surface area contributed by atoms with Gasteiger partial charge < -0.3 is 14.8 Å². The van der Waals surface area contributed by atoms with E-state index in [2.05, 4.69) is 17.3 Å². The topological polar surface area (TPSA) is 37.3 Å². The highest BCUT2D eigenvalue weighted by atomic mass is 19.3. The number of amides is 1. The molecule has 2 fully saturated rings. The molecule has 0 radical (unpaired) electrons. The molecule has 2 aliphatic heterocycles. The van der Waals surface area contributed by atoms with Gasteiger partial charge in [0.15, 0.2) is 0 Å².